The summed E-state index contributed by atoms with van der Waals surface area (Å²) in [5.74, 6) is -0.289. The Hall–Kier alpha value is -1.92. The van der Waals surface area contributed by atoms with Gasteiger partial charge in [-0.25, -0.2) is 4.79 Å². The Balaban J connectivity index is 1.75. The molecule has 1 atom stereocenters. The highest BCUT2D eigenvalue weighted by molar-refractivity contribution is 5.96. The first-order valence-corrected chi connectivity index (χ1v) is 7.11. The number of nitrogens with one attached hydrogen (secondary N) is 2. The Morgan fingerprint density at radius 3 is 2.57 bits per heavy atom. The molecule has 0 spiro atoms. The van der Waals surface area contributed by atoms with Crippen molar-refractivity contribution >= 4 is 11.9 Å². The monoisotopic (exact) mass is 291 g/mol. The minimum absolute atomic E-state index is 0.289. The van der Waals surface area contributed by atoms with Crippen molar-refractivity contribution in [3.05, 3.63) is 35.9 Å². The van der Waals surface area contributed by atoms with E-state index in [2.05, 4.69) is 10.6 Å². The minimum atomic E-state index is -0.469. The summed E-state index contributed by atoms with van der Waals surface area (Å²) >= 11 is 0. The van der Waals surface area contributed by atoms with E-state index in [-0.39, 0.29) is 11.9 Å². The van der Waals surface area contributed by atoms with Crippen molar-refractivity contribution in [3.63, 3.8) is 0 Å². The molecule has 1 heterocycles. The zero-order valence-electron chi connectivity index (χ0n) is 12.2. The number of rotatable bonds is 4. The summed E-state index contributed by atoms with van der Waals surface area (Å²) in [6.07, 6.45) is 0. The third-order valence-electron chi connectivity index (χ3n) is 3.51. The first-order chi connectivity index (χ1) is 10.2. The highest BCUT2D eigenvalue weighted by atomic mass is 16.5. The van der Waals surface area contributed by atoms with Crippen molar-refractivity contribution in [2.24, 2.45) is 0 Å². The van der Waals surface area contributed by atoms with Crippen LogP contribution in [0.25, 0.3) is 0 Å². The summed E-state index contributed by atoms with van der Waals surface area (Å²) in [4.78, 5) is 25.7. The highest BCUT2D eigenvalue weighted by Gasteiger charge is 2.24. The second-order valence-corrected chi connectivity index (χ2v) is 4.98. The third kappa shape index (κ3) is 4.84. The van der Waals surface area contributed by atoms with Crippen LogP contribution >= 0.6 is 0 Å². The zero-order valence-corrected chi connectivity index (χ0v) is 12.2. The molecule has 6 nitrogen and oxygen atoms in total. The van der Waals surface area contributed by atoms with E-state index in [4.69, 9.17) is 4.74 Å². The molecule has 0 aliphatic carbocycles. The highest BCUT2D eigenvalue weighted by Crippen LogP contribution is 2.03. The Kier molecular flexibility index (Phi) is 5.71. The maximum atomic E-state index is 12.0. The number of carbonyl (C=O) groups is 2. The molecule has 0 saturated carbocycles. The molecule has 2 rings (SSSR count). The number of ether oxygens (including phenoxy) is 1. The zero-order chi connectivity index (χ0) is 15.1. The fraction of sp³-hybridized carbons (Fsp3) is 0.467. The van der Waals surface area contributed by atoms with Gasteiger partial charge in [-0.1, -0.05) is 30.3 Å². The minimum Gasteiger partial charge on any atom is -0.379 e. The molecule has 3 amide bonds. The predicted octanol–water partition coefficient (Wildman–Crippen LogP) is 0.733. The lowest BCUT2D eigenvalue weighted by molar-refractivity contribution is -0.126. The van der Waals surface area contributed by atoms with Crippen LogP contribution in [0.1, 0.15) is 12.5 Å². The molecule has 114 valence electrons. The molecule has 0 unspecified atom stereocenters. The van der Waals surface area contributed by atoms with Gasteiger partial charge in [-0.2, -0.15) is 0 Å². The molecule has 1 aromatic carbocycles. The van der Waals surface area contributed by atoms with E-state index in [0.29, 0.717) is 32.8 Å². The predicted molar refractivity (Wildman–Crippen MR) is 78.7 cm³/mol. The van der Waals surface area contributed by atoms with Gasteiger partial charge in [0.05, 0.1) is 19.3 Å². The van der Waals surface area contributed by atoms with Gasteiger partial charge in [-0.15, -0.1) is 0 Å². The number of benzene rings is 1. The second kappa shape index (κ2) is 7.75. The van der Waals surface area contributed by atoms with E-state index >= 15 is 0 Å². The average molecular weight is 291 g/mol. The summed E-state index contributed by atoms with van der Waals surface area (Å²) in [5.41, 5.74) is 0.987. The van der Waals surface area contributed by atoms with Crippen LogP contribution in [-0.4, -0.2) is 49.2 Å². The summed E-state index contributed by atoms with van der Waals surface area (Å²) in [6.45, 7) is 4.85. The molecule has 21 heavy (non-hydrogen) atoms. The molecular formula is C15H21N3O3. The lowest BCUT2D eigenvalue weighted by atomic mass is 10.2. The molecule has 2 N–H and O–H groups in total. The smallest absolute Gasteiger partial charge is 0.321 e. The van der Waals surface area contributed by atoms with E-state index in [0.717, 1.165) is 5.56 Å². The Morgan fingerprint density at radius 1 is 1.24 bits per heavy atom. The summed E-state index contributed by atoms with van der Waals surface area (Å²) in [5, 5.41) is 5.05. The molecule has 1 saturated heterocycles. The Labute approximate surface area is 124 Å². The number of hydrogen-bond acceptors (Lipinski definition) is 4. The fourth-order valence-corrected chi connectivity index (χ4v) is 2.17. The van der Waals surface area contributed by atoms with Gasteiger partial charge in [0.2, 0.25) is 5.91 Å². The molecule has 0 bridgehead atoms. The fourth-order valence-electron chi connectivity index (χ4n) is 2.17. The van der Waals surface area contributed by atoms with Crippen LogP contribution in [0.3, 0.4) is 0 Å². The molecule has 0 aromatic heterocycles. The van der Waals surface area contributed by atoms with Gasteiger partial charge in [0.1, 0.15) is 0 Å². The maximum Gasteiger partial charge on any atom is 0.321 e. The molecule has 6 heteroatoms. The van der Waals surface area contributed by atoms with Gasteiger partial charge in [0.15, 0.2) is 0 Å². The number of urea groups is 1. The van der Waals surface area contributed by atoms with Gasteiger partial charge in [-0.3, -0.25) is 15.0 Å². The molecule has 1 fully saturated rings. The van der Waals surface area contributed by atoms with Crippen molar-refractivity contribution in [3.8, 4) is 0 Å². The molecule has 1 aromatic rings. The van der Waals surface area contributed by atoms with Gasteiger partial charge < -0.3 is 10.1 Å². The Bertz CT molecular complexity index is 472. The van der Waals surface area contributed by atoms with E-state index in [1.807, 2.05) is 35.2 Å². The standard InChI is InChI=1S/C15H21N3O3/c1-12(18-7-9-21-10-8-18)14(19)17-15(20)16-11-13-5-3-2-4-6-13/h2-6,12H,7-11H2,1H3,(H2,16,17,19,20)/t12-/m1/s1. The number of carbonyl (C=O) groups excluding carboxylic acids is 2. The van der Waals surface area contributed by atoms with Crippen LogP contribution in [-0.2, 0) is 16.1 Å². The number of amides is 3. The van der Waals surface area contributed by atoms with Gasteiger partial charge in [0.25, 0.3) is 0 Å². The van der Waals surface area contributed by atoms with Crippen LogP contribution in [0.15, 0.2) is 30.3 Å². The summed E-state index contributed by atoms with van der Waals surface area (Å²) in [6, 6.07) is 8.75. The van der Waals surface area contributed by atoms with Crippen LogP contribution in [0.5, 0.6) is 0 Å². The molecule has 1 aliphatic heterocycles. The number of hydrogen-bond donors (Lipinski definition) is 2. The summed E-state index contributed by atoms with van der Waals surface area (Å²) < 4.78 is 5.25. The quantitative estimate of drug-likeness (QED) is 0.858. The number of nitrogens with zero attached hydrogens (tertiary/aromatic N) is 1. The SMILES string of the molecule is C[C@H](C(=O)NC(=O)NCc1ccccc1)N1CCOCC1. The molecule has 1 aliphatic rings. The van der Waals surface area contributed by atoms with Gasteiger partial charge in [-0.05, 0) is 12.5 Å². The van der Waals surface area contributed by atoms with E-state index in [9.17, 15) is 9.59 Å². The van der Waals surface area contributed by atoms with Gasteiger partial charge >= 0.3 is 6.03 Å². The molecular weight excluding hydrogens is 270 g/mol. The van der Waals surface area contributed by atoms with Crippen LogP contribution in [0.2, 0.25) is 0 Å². The number of morpholine rings is 1. The van der Waals surface area contributed by atoms with Crippen LogP contribution in [0, 0.1) is 0 Å². The van der Waals surface area contributed by atoms with Crippen molar-refractivity contribution in [2.75, 3.05) is 26.3 Å². The van der Waals surface area contributed by atoms with Crippen molar-refractivity contribution in [2.45, 2.75) is 19.5 Å². The first kappa shape index (κ1) is 15.5. The van der Waals surface area contributed by atoms with E-state index in [1.54, 1.807) is 6.92 Å². The first-order valence-electron chi connectivity index (χ1n) is 7.11. The Morgan fingerprint density at radius 2 is 1.90 bits per heavy atom. The van der Waals surface area contributed by atoms with Crippen molar-refractivity contribution in [1.82, 2.24) is 15.5 Å². The van der Waals surface area contributed by atoms with E-state index in [1.165, 1.54) is 0 Å². The number of imide groups is 1. The van der Waals surface area contributed by atoms with Crippen LogP contribution < -0.4 is 10.6 Å². The average Bonchev–Trinajstić information content (AvgIpc) is 2.54. The van der Waals surface area contributed by atoms with Gasteiger partial charge in [0, 0.05) is 19.6 Å². The topological polar surface area (TPSA) is 70.7 Å². The lowest BCUT2D eigenvalue weighted by Crippen LogP contribution is -2.52. The second-order valence-electron chi connectivity index (χ2n) is 4.98. The maximum absolute atomic E-state index is 12.0. The largest absolute Gasteiger partial charge is 0.379 e. The van der Waals surface area contributed by atoms with Crippen LogP contribution in [0.4, 0.5) is 4.79 Å². The van der Waals surface area contributed by atoms with Crippen molar-refractivity contribution < 1.29 is 14.3 Å². The molecule has 0 radical (unpaired) electrons. The lowest BCUT2D eigenvalue weighted by Gasteiger charge is -2.31. The normalized spacial score (nSPS) is 17.0. The van der Waals surface area contributed by atoms with Crippen molar-refractivity contribution in [1.29, 1.82) is 0 Å². The van der Waals surface area contributed by atoms with E-state index < -0.39 is 6.03 Å². The third-order valence-corrected chi connectivity index (χ3v) is 3.51. The summed E-state index contributed by atoms with van der Waals surface area (Å²) in [7, 11) is 0.